The second-order valence-electron chi connectivity index (χ2n) is 8.78. The molecule has 6 heteroatoms. The third kappa shape index (κ3) is 4.51. The van der Waals surface area contributed by atoms with Gasteiger partial charge in [-0.2, -0.15) is 0 Å². The average molecular weight is 437 g/mol. The largest absolute Gasteiger partial charge is 0.506 e. The first kappa shape index (κ1) is 22.3. The molecule has 3 N–H and O–H groups in total. The number of carbonyl (C=O) groups excluding carboxylic acids is 2. The maximum atomic E-state index is 11.9. The standard InChI is InChI=1S/C26H32N2O4/c1-4-16-10-18-12-20(13-19(18)11-17(16)5-2)27-14-24(32-15(3)29)21-6-8-23(30)26-22(21)7-9-25(31)28-26/h6,8,10-11,20,24,27,30H,4-5,7,9,12-14H2,1-3H3,(H,28,31). The second-order valence-corrected chi connectivity index (χ2v) is 8.78. The molecule has 0 spiro atoms. The fraction of sp³-hybridized carbons (Fsp3) is 0.462. The van der Waals surface area contributed by atoms with Crippen molar-refractivity contribution in [2.24, 2.45) is 0 Å². The number of aromatic hydroxyl groups is 1. The van der Waals surface area contributed by atoms with Crippen molar-refractivity contribution in [3.8, 4) is 5.75 Å². The van der Waals surface area contributed by atoms with Gasteiger partial charge in [0.1, 0.15) is 11.9 Å². The molecule has 1 atom stereocenters. The van der Waals surface area contributed by atoms with Crippen LogP contribution in [0.3, 0.4) is 0 Å². The molecule has 32 heavy (non-hydrogen) atoms. The zero-order valence-electron chi connectivity index (χ0n) is 19.1. The van der Waals surface area contributed by atoms with Gasteiger partial charge in [0.2, 0.25) is 5.91 Å². The molecule has 1 heterocycles. The fourth-order valence-corrected chi connectivity index (χ4v) is 5.07. The van der Waals surface area contributed by atoms with Crippen molar-refractivity contribution >= 4 is 17.6 Å². The van der Waals surface area contributed by atoms with Gasteiger partial charge in [0.05, 0.1) is 5.69 Å². The number of esters is 1. The number of phenols is 1. The van der Waals surface area contributed by atoms with Crippen molar-refractivity contribution in [1.82, 2.24) is 5.32 Å². The molecule has 6 nitrogen and oxygen atoms in total. The summed E-state index contributed by atoms with van der Waals surface area (Å²) in [6.07, 6.45) is 4.39. The predicted molar refractivity (Wildman–Crippen MR) is 124 cm³/mol. The highest BCUT2D eigenvalue weighted by Crippen LogP contribution is 2.37. The summed E-state index contributed by atoms with van der Waals surface area (Å²) in [6.45, 7) is 6.29. The molecule has 2 aromatic rings. The lowest BCUT2D eigenvalue weighted by Crippen LogP contribution is -2.35. The van der Waals surface area contributed by atoms with Gasteiger partial charge >= 0.3 is 5.97 Å². The number of amides is 1. The van der Waals surface area contributed by atoms with E-state index in [-0.39, 0.29) is 23.7 Å². The van der Waals surface area contributed by atoms with Crippen molar-refractivity contribution in [3.63, 3.8) is 0 Å². The van der Waals surface area contributed by atoms with E-state index in [4.69, 9.17) is 4.74 Å². The van der Waals surface area contributed by atoms with Crippen LogP contribution in [-0.4, -0.2) is 29.6 Å². The number of rotatable bonds is 7. The molecule has 2 aliphatic rings. The van der Waals surface area contributed by atoms with E-state index in [1.165, 1.54) is 29.2 Å². The highest BCUT2D eigenvalue weighted by molar-refractivity contribution is 5.96. The number of hydrogen-bond acceptors (Lipinski definition) is 5. The van der Waals surface area contributed by atoms with E-state index >= 15 is 0 Å². The molecule has 0 radical (unpaired) electrons. The Hall–Kier alpha value is -2.86. The monoisotopic (exact) mass is 436 g/mol. The van der Waals surface area contributed by atoms with E-state index in [0.717, 1.165) is 36.8 Å². The number of carbonyl (C=O) groups is 2. The lowest BCUT2D eigenvalue weighted by atomic mass is 9.93. The SMILES string of the molecule is CCc1cc2c(cc1CC)CC(NCC(OC(C)=O)c1ccc(O)c3c1CCC(=O)N3)C2. The van der Waals surface area contributed by atoms with E-state index in [2.05, 4.69) is 36.6 Å². The second kappa shape index (κ2) is 9.33. The Bertz CT molecular complexity index is 1010. The predicted octanol–water partition coefficient (Wildman–Crippen LogP) is 3.76. The Morgan fingerprint density at radius 2 is 1.81 bits per heavy atom. The van der Waals surface area contributed by atoms with Crippen molar-refractivity contribution < 1.29 is 19.4 Å². The molecule has 1 aliphatic heterocycles. The van der Waals surface area contributed by atoms with Crippen molar-refractivity contribution in [3.05, 3.63) is 57.6 Å². The number of anilines is 1. The van der Waals surface area contributed by atoms with E-state index in [9.17, 15) is 14.7 Å². The summed E-state index contributed by atoms with van der Waals surface area (Å²) in [5, 5.41) is 16.6. The highest BCUT2D eigenvalue weighted by atomic mass is 16.5. The third-order valence-electron chi connectivity index (χ3n) is 6.66. The maximum Gasteiger partial charge on any atom is 0.303 e. The molecule has 1 unspecified atom stereocenters. The van der Waals surface area contributed by atoms with Crippen molar-refractivity contribution in [2.45, 2.75) is 71.4 Å². The number of hydrogen-bond donors (Lipinski definition) is 3. The number of fused-ring (bicyclic) bond motifs is 2. The zero-order valence-corrected chi connectivity index (χ0v) is 19.1. The number of nitrogens with one attached hydrogen (secondary N) is 2. The quantitative estimate of drug-likeness (QED) is 0.454. The first-order chi connectivity index (χ1) is 15.4. The summed E-state index contributed by atoms with van der Waals surface area (Å²) in [5.41, 5.74) is 7.79. The molecule has 2 aromatic carbocycles. The molecule has 0 fully saturated rings. The van der Waals surface area contributed by atoms with Gasteiger partial charge in [0, 0.05) is 25.9 Å². The minimum absolute atomic E-state index is 0.0380. The van der Waals surface area contributed by atoms with Gasteiger partial charge in [0.15, 0.2) is 0 Å². The van der Waals surface area contributed by atoms with Crippen LogP contribution in [0.1, 0.15) is 66.7 Å². The summed E-state index contributed by atoms with van der Waals surface area (Å²) >= 11 is 0. The van der Waals surface area contributed by atoms with Crippen LogP contribution in [0.5, 0.6) is 5.75 Å². The average Bonchev–Trinajstić information content (AvgIpc) is 3.17. The van der Waals surface area contributed by atoms with Gasteiger partial charge in [-0.15, -0.1) is 0 Å². The lowest BCUT2D eigenvalue weighted by Gasteiger charge is -2.26. The molecule has 0 bridgehead atoms. The summed E-state index contributed by atoms with van der Waals surface area (Å²) in [7, 11) is 0. The van der Waals surface area contributed by atoms with Crippen LogP contribution in [0.4, 0.5) is 5.69 Å². The Kier molecular flexibility index (Phi) is 6.51. The molecule has 0 saturated carbocycles. The Morgan fingerprint density at radius 3 is 2.41 bits per heavy atom. The van der Waals surface area contributed by atoms with Gasteiger partial charge in [-0.1, -0.05) is 32.0 Å². The molecular formula is C26H32N2O4. The Labute approximate surface area is 189 Å². The smallest absolute Gasteiger partial charge is 0.303 e. The molecular weight excluding hydrogens is 404 g/mol. The van der Waals surface area contributed by atoms with Gasteiger partial charge < -0.3 is 20.5 Å². The van der Waals surface area contributed by atoms with Gasteiger partial charge in [-0.05, 0) is 71.6 Å². The first-order valence-corrected chi connectivity index (χ1v) is 11.6. The van der Waals surface area contributed by atoms with E-state index in [1.807, 2.05) is 0 Å². The van der Waals surface area contributed by atoms with Crippen LogP contribution in [0.25, 0.3) is 0 Å². The number of ether oxygens (including phenoxy) is 1. The van der Waals surface area contributed by atoms with Crippen LogP contribution in [-0.2, 0) is 46.4 Å². The lowest BCUT2D eigenvalue weighted by molar-refractivity contribution is -0.146. The van der Waals surface area contributed by atoms with Crippen molar-refractivity contribution in [2.75, 3.05) is 11.9 Å². The molecule has 170 valence electrons. The van der Waals surface area contributed by atoms with Crippen LogP contribution >= 0.6 is 0 Å². The topological polar surface area (TPSA) is 87.7 Å². The molecule has 0 aromatic heterocycles. The van der Waals surface area contributed by atoms with Crippen molar-refractivity contribution in [1.29, 1.82) is 0 Å². The number of benzene rings is 2. The fourth-order valence-electron chi connectivity index (χ4n) is 5.07. The number of aryl methyl sites for hydroxylation is 2. The first-order valence-electron chi connectivity index (χ1n) is 11.6. The summed E-state index contributed by atoms with van der Waals surface area (Å²) in [6, 6.07) is 8.36. The van der Waals surface area contributed by atoms with Gasteiger partial charge in [-0.3, -0.25) is 9.59 Å². The number of phenolic OH excluding ortho intramolecular Hbond substituents is 1. The molecule has 0 saturated heterocycles. The molecule has 4 rings (SSSR count). The van der Waals surface area contributed by atoms with Crippen LogP contribution in [0.15, 0.2) is 24.3 Å². The molecule has 1 aliphatic carbocycles. The van der Waals surface area contributed by atoms with E-state index in [0.29, 0.717) is 25.1 Å². The van der Waals surface area contributed by atoms with E-state index < -0.39 is 6.10 Å². The normalized spacial score (nSPS) is 16.3. The van der Waals surface area contributed by atoms with Gasteiger partial charge in [-0.25, -0.2) is 0 Å². The maximum absolute atomic E-state index is 11.9. The third-order valence-corrected chi connectivity index (χ3v) is 6.66. The van der Waals surface area contributed by atoms with E-state index in [1.54, 1.807) is 12.1 Å². The summed E-state index contributed by atoms with van der Waals surface area (Å²) in [5.74, 6) is -0.432. The minimum atomic E-state index is -0.488. The Morgan fingerprint density at radius 1 is 1.16 bits per heavy atom. The van der Waals surface area contributed by atoms with Crippen LogP contribution in [0, 0.1) is 0 Å². The molecule has 1 amide bonds. The summed E-state index contributed by atoms with van der Waals surface area (Å²) < 4.78 is 5.68. The minimum Gasteiger partial charge on any atom is -0.506 e. The Balaban J connectivity index is 1.52. The summed E-state index contributed by atoms with van der Waals surface area (Å²) in [4.78, 5) is 23.7. The van der Waals surface area contributed by atoms with Gasteiger partial charge in [0.25, 0.3) is 0 Å². The van der Waals surface area contributed by atoms with Crippen LogP contribution in [0.2, 0.25) is 0 Å². The highest BCUT2D eigenvalue weighted by Gasteiger charge is 2.28. The zero-order chi connectivity index (χ0) is 22.8. The van der Waals surface area contributed by atoms with Crippen LogP contribution < -0.4 is 10.6 Å².